The van der Waals surface area contributed by atoms with Crippen molar-refractivity contribution in [3.8, 4) is 0 Å². The molecular formula is C22H34FN7O4. The summed E-state index contributed by atoms with van der Waals surface area (Å²) in [5.41, 5.74) is 4.99. The van der Waals surface area contributed by atoms with Crippen LogP contribution < -0.4 is 21.5 Å². The van der Waals surface area contributed by atoms with E-state index in [1.807, 2.05) is 0 Å². The predicted octanol–water partition coefficient (Wildman–Crippen LogP) is 2.25. The van der Waals surface area contributed by atoms with Crippen LogP contribution in [0.3, 0.4) is 0 Å². The van der Waals surface area contributed by atoms with E-state index < -0.39 is 29.8 Å². The highest BCUT2D eigenvalue weighted by Crippen LogP contribution is 2.30. The second-order valence-electron chi connectivity index (χ2n) is 9.12. The number of aryl methyl sites for hydroxylation is 1. The summed E-state index contributed by atoms with van der Waals surface area (Å²) in [4.78, 5) is 46.0. The van der Waals surface area contributed by atoms with E-state index in [-0.39, 0.29) is 29.9 Å². The molecule has 3 amide bonds. The molecule has 12 heteroatoms. The molecule has 2 fully saturated rings. The van der Waals surface area contributed by atoms with Crippen LogP contribution in [0.2, 0.25) is 0 Å². The molecule has 11 nitrogen and oxygen atoms in total. The number of likely N-dealkylation sites (N-methyl/N-ethyl adjacent to an activating group) is 1. The third-order valence-corrected chi connectivity index (χ3v) is 6.45. The third-order valence-electron chi connectivity index (χ3n) is 6.45. The maximum absolute atomic E-state index is 15.2. The maximum atomic E-state index is 15.2. The van der Waals surface area contributed by atoms with Gasteiger partial charge in [0.2, 0.25) is 17.6 Å². The van der Waals surface area contributed by atoms with Crippen molar-refractivity contribution in [1.29, 1.82) is 0 Å². The first-order chi connectivity index (χ1) is 16.2. The molecule has 0 aromatic carbocycles. The molecule has 188 valence electrons. The van der Waals surface area contributed by atoms with Gasteiger partial charge in [0.15, 0.2) is 11.6 Å². The number of amides is 3. The number of carbonyl (C=O) groups excluding carboxylic acids is 2. The highest BCUT2D eigenvalue weighted by molar-refractivity contribution is 5.84. The molecule has 1 aliphatic heterocycles. The fourth-order valence-electron chi connectivity index (χ4n) is 4.60. The summed E-state index contributed by atoms with van der Waals surface area (Å²) in [6.07, 6.45) is 5.82. The summed E-state index contributed by atoms with van der Waals surface area (Å²) in [5.74, 6) is -1.74. The van der Waals surface area contributed by atoms with Crippen molar-refractivity contribution in [3.63, 3.8) is 0 Å². The minimum atomic E-state index is -1.20. The lowest BCUT2D eigenvalue weighted by atomic mass is 9.92. The largest absolute Gasteiger partial charge is 0.465 e. The molecule has 34 heavy (non-hydrogen) atoms. The number of nitrogens with one attached hydrogen (secondary N) is 4. The number of likely N-dealkylation sites (tertiary alicyclic amines) is 1. The molecule has 1 aliphatic carbocycles. The number of nitrogens with zero attached hydrogens (tertiary/aromatic N) is 3. The summed E-state index contributed by atoms with van der Waals surface area (Å²) in [6, 6.07) is -0.600. The number of hydrogen-bond donors (Lipinski definition) is 5. The van der Waals surface area contributed by atoms with Crippen LogP contribution in [0.5, 0.6) is 0 Å². The Balaban J connectivity index is 1.67. The normalized spacial score (nSPS) is 19.9. The molecule has 0 radical (unpaired) electrons. The lowest BCUT2D eigenvalue weighted by molar-refractivity contribution is -0.130. The van der Waals surface area contributed by atoms with Crippen LogP contribution in [-0.2, 0) is 9.59 Å². The van der Waals surface area contributed by atoms with Gasteiger partial charge < -0.3 is 20.6 Å². The molecule has 2 aliphatic rings. The van der Waals surface area contributed by atoms with E-state index in [0.29, 0.717) is 25.3 Å². The molecule has 1 saturated carbocycles. The number of carboxylic acid groups (broad SMARTS) is 1. The third kappa shape index (κ3) is 6.91. The van der Waals surface area contributed by atoms with Gasteiger partial charge in [0.25, 0.3) is 0 Å². The Morgan fingerprint density at radius 2 is 1.82 bits per heavy atom. The topological polar surface area (TPSA) is 149 Å². The molecule has 0 spiro atoms. The smallest absolute Gasteiger partial charge is 0.404 e. The van der Waals surface area contributed by atoms with E-state index in [0.717, 1.165) is 38.5 Å². The number of hydrazine groups is 1. The Kier molecular flexibility index (Phi) is 8.83. The second kappa shape index (κ2) is 11.8. The van der Waals surface area contributed by atoms with Crippen molar-refractivity contribution < 1.29 is 23.9 Å². The van der Waals surface area contributed by atoms with Crippen LogP contribution >= 0.6 is 0 Å². The molecule has 1 aromatic rings. The van der Waals surface area contributed by atoms with Gasteiger partial charge in [-0.15, -0.1) is 0 Å². The fraction of sp³-hybridized carbons (Fsp3) is 0.682. The standard InChI is InChI=1S/C22H34FN7O4/c1-13-25-18(27-16-9-5-6-10-30(2)21(16)32)17(23)19(26-13)28-29-20(31)15(12-24-22(33)34)11-14-7-3-4-8-14/h14-16,24H,3-12H2,1-2H3,(H,29,31)(H,33,34)(H2,25,26,27,28)/t15-,16+/m1/s1. The van der Waals surface area contributed by atoms with Gasteiger partial charge in [-0.1, -0.05) is 25.7 Å². The first-order valence-corrected chi connectivity index (χ1v) is 11.8. The molecular weight excluding hydrogens is 445 g/mol. The Labute approximate surface area is 198 Å². The second-order valence-corrected chi connectivity index (χ2v) is 9.12. The predicted molar refractivity (Wildman–Crippen MR) is 123 cm³/mol. The minimum absolute atomic E-state index is 0.0330. The number of aromatic nitrogens is 2. The zero-order valence-corrected chi connectivity index (χ0v) is 19.7. The molecule has 1 aromatic heterocycles. The average molecular weight is 480 g/mol. The van der Waals surface area contributed by atoms with Gasteiger partial charge in [-0.2, -0.15) is 4.39 Å². The minimum Gasteiger partial charge on any atom is -0.465 e. The van der Waals surface area contributed by atoms with E-state index in [9.17, 15) is 14.4 Å². The van der Waals surface area contributed by atoms with Gasteiger partial charge in [0, 0.05) is 20.1 Å². The van der Waals surface area contributed by atoms with Crippen molar-refractivity contribution in [1.82, 2.24) is 25.6 Å². The molecule has 0 unspecified atom stereocenters. The van der Waals surface area contributed by atoms with E-state index >= 15 is 4.39 Å². The highest BCUT2D eigenvalue weighted by Gasteiger charge is 2.28. The first kappa shape index (κ1) is 25.4. The molecule has 0 bridgehead atoms. The van der Waals surface area contributed by atoms with Crippen LogP contribution in [0.15, 0.2) is 0 Å². The quantitative estimate of drug-likeness (QED) is 0.339. The van der Waals surface area contributed by atoms with Gasteiger partial charge in [-0.3, -0.25) is 20.4 Å². The number of rotatable bonds is 9. The summed E-state index contributed by atoms with van der Waals surface area (Å²) in [7, 11) is 1.72. The van der Waals surface area contributed by atoms with Gasteiger partial charge in [-0.25, -0.2) is 14.8 Å². The Bertz CT molecular complexity index is 894. The molecule has 2 atom stereocenters. The van der Waals surface area contributed by atoms with Crippen molar-refractivity contribution in [2.75, 3.05) is 30.9 Å². The van der Waals surface area contributed by atoms with E-state index in [4.69, 9.17) is 5.11 Å². The van der Waals surface area contributed by atoms with Crippen LogP contribution in [0.4, 0.5) is 20.8 Å². The Hall–Kier alpha value is -3.18. The van der Waals surface area contributed by atoms with Crippen molar-refractivity contribution >= 4 is 29.5 Å². The summed E-state index contributed by atoms with van der Waals surface area (Å²) < 4.78 is 15.2. The van der Waals surface area contributed by atoms with Gasteiger partial charge in [0.1, 0.15) is 11.9 Å². The van der Waals surface area contributed by atoms with E-state index in [1.165, 1.54) is 0 Å². The number of hydrogen-bond acceptors (Lipinski definition) is 7. The summed E-state index contributed by atoms with van der Waals surface area (Å²) >= 11 is 0. The van der Waals surface area contributed by atoms with Crippen molar-refractivity contribution in [2.45, 2.75) is 64.3 Å². The summed E-state index contributed by atoms with van der Waals surface area (Å²) in [6.45, 7) is 2.20. The molecule has 3 rings (SSSR count). The maximum Gasteiger partial charge on any atom is 0.404 e. The number of carbonyl (C=O) groups is 3. The molecule has 1 saturated heterocycles. The zero-order chi connectivity index (χ0) is 24.7. The van der Waals surface area contributed by atoms with E-state index in [2.05, 4.69) is 31.5 Å². The Morgan fingerprint density at radius 3 is 2.53 bits per heavy atom. The lowest BCUT2D eigenvalue weighted by Gasteiger charge is -2.22. The molecule has 2 heterocycles. The van der Waals surface area contributed by atoms with Crippen molar-refractivity contribution in [2.24, 2.45) is 11.8 Å². The number of anilines is 2. The zero-order valence-electron chi connectivity index (χ0n) is 19.7. The van der Waals surface area contributed by atoms with Gasteiger partial charge in [-0.05, 0) is 38.5 Å². The SMILES string of the molecule is Cc1nc(NNC(=O)[C@@H](CNC(=O)O)CC2CCCC2)c(F)c(N[C@H]2CCCCN(C)C2=O)n1. The van der Waals surface area contributed by atoms with Crippen molar-refractivity contribution in [3.05, 3.63) is 11.6 Å². The van der Waals surface area contributed by atoms with Crippen LogP contribution in [-0.4, -0.2) is 64.1 Å². The van der Waals surface area contributed by atoms with E-state index in [1.54, 1.807) is 18.9 Å². The fourth-order valence-corrected chi connectivity index (χ4v) is 4.60. The number of halogens is 1. The Morgan fingerprint density at radius 1 is 1.15 bits per heavy atom. The first-order valence-electron chi connectivity index (χ1n) is 11.8. The lowest BCUT2D eigenvalue weighted by Crippen LogP contribution is -2.42. The van der Waals surface area contributed by atoms with Gasteiger partial charge >= 0.3 is 6.09 Å². The molecule has 5 N–H and O–H groups in total. The van der Waals surface area contributed by atoms with Crippen LogP contribution in [0.25, 0.3) is 0 Å². The van der Waals surface area contributed by atoms with Crippen LogP contribution in [0, 0.1) is 24.6 Å². The van der Waals surface area contributed by atoms with Gasteiger partial charge in [0.05, 0.1) is 5.92 Å². The average Bonchev–Trinajstić information content (AvgIpc) is 3.26. The highest BCUT2D eigenvalue weighted by atomic mass is 19.1. The van der Waals surface area contributed by atoms with Crippen LogP contribution in [0.1, 0.15) is 57.2 Å². The monoisotopic (exact) mass is 479 g/mol. The summed E-state index contributed by atoms with van der Waals surface area (Å²) in [5, 5.41) is 14.1.